The van der Waals surface area contributed by atoms with Crippen molar-refractivity contribution in [1.82, 2.24) is 15.2 Å². The summed E-state index contributed by atoms with van der Waals surface area (Å²) in [6, 6.07) is 12.3. The number of rotatable bonds is 10. The Morgan fingerprint density at radius 3 is 2.45 bits per heavy atom. The summed E-state index contributed by atoms with van der Waals surface area (Å²) in [7, 11) is 0. The van der Waals surface area contributed by atoms with Crippen molar-refractivity contribution in [1.29, 1.82) is 0 Å². The van der Waals surface area contributed by atoms with Crippen LogP contribution in [0.5, 0.6) is 0 Å². The first-order chi connectivity index (χ1) is 18.2. The second-order valence-corrected chi connectivity index (χ2v) is 10.7. The molecule has 2 aromatic carbocycles. The number of aliphatic hydroxyl groups is 1. The molecule has 2 heterocycles. The lowest BCUT2D eigenvalue weighted by atomic mass is 9.90. The van der Waals surface area contributed by atoms with Gasteiger partial charge in [-0.15, -0.1) is 0 Å². The van der Waals surface area contributed by atoms with Crippen LogP contribution < -0.4 is 10.6 Å². The van der Waals surface area contributed by atoms with E-state index in [9.17, 15) is 23.5 Å². The smallest absolute Gasteiger partial charge is 0.248 e. The predicted octanol–water partition coefficient (Wildman–Crippen LogP) is 4.37. The first-order valence-corrected chi connectivity index (χ1v) is 13.6. The highest BCUT2D eigenvalue weighted by Gasteiger charge is 2.36. The Bertz CT molecular complexity index is 1230. The number of anilines is 1. The van der Waals surface area contributed by atoms with E-state index >= 15 is 0 Å². The Hall–Kier alpha value is -3.21. The van der Waals surface area contributed by atoms with Gasteiger partial charge in [0.05, 0.1) is 11.3 Å². The van der Waals surface area contributed by atoms with E-state index in [-0.39, 0.29) is 12.0 Å². The summed E-state index contributed by atoms with van der Waals surface area (Å²) in [5, 5.41) is 17.0. The van der Waals surface area contributed by atoms with Gasteiger partial charge in [-0.1, -0.05) is 55.0 Å². The summed E-state index contributed by atoms with van der Waals surface area (Å²) in [5.74, 6) is -2.48. The Morgan fingerprint density at radius 2 is 1.79 bits per heavy atom. The van der Waals surface area contributed by atoms with Crippen molar-refractivity contribution >= 4 is 28.3 Å². The van der Waals surface area contributed by atoms with Crippen molar-refractivity contribution in [3.05, 3.63) is 82.4 Å². The maximum atomic E-state index is 13.4. The van der Waals surface area contributed by atoms with Crippen molar-refractivity contribution in [3.8, 4) is 0 Å². The molecule has 1 aliphatic heterocycles. The molecule has 4 rings (SSSR count). The second kappa shape index (κ2) is 12.6. The SMILES string of the molecule is CCCC(NC(=O)Cc1cc(F)cc(F)c1)C(=O)Nc1ncc(C2(O)CCN(Cc3ccccc3)CC2)s1. The summed E-state index contributed by atoms with van der Waals surface area (Å²) < 4.78 is 26.9. The molecule has 1 atom stereocenters. The number of piperidine rings is 1. The molecule has 1 aliphatic rings. The average molecular weight is 543 g/mol. The Kier molecular flexibility index (Phi) is 9.19. The van der Waals surface area contributed by atoms with Gasteiger partial charge in [0.2, 0.25) is 11.8 Å². The summed E-state index contributed by atoms with van der Waals surface area (Å²) in [6.45, 7) is 4.20. The number of thiazole rings is 1. The number of nitrogens with one attached hydrogen (secondary N) is 2. The van der Waals surface area contributed by atoms with E-state index in [1.54, 1.807) is 6.20 Å². The highest BCUT2D eigenvalue weighted by Crippen LogP contribution is 2.37. The molecular formula is C28H32F2N4O3S. The second-order valence-electron chi connectivity index (χ2n) is 9.68. The van der Waals surface area contributed by atoms with Gasteiger partial charge in [0.15, 0.2) is 5.13 Å². The molecule has 10 heteroatoms. The molecule has 202 valence electrons. The van der Waals surface area contributed by atoms with Crippen LogP contribution in [0.25, 0.3) is 0 Å². The fraction of sp³-hybridized carbons (Fsp3) is 0.393. The van der Waals surface area contributed by atoms with E-state index < -0.39 is 35.1 Å². The fourth-order valence-electron chi connectivity index (χ4n) is 4.61. The number of carbonyl (C=O) groups is 2. The van der Waals surface area contributed by atoms with Crippen LogP contribution >= 0.6 is 11.3 Å². The van der Waals surface area contributed by atoms with Crippen molar-refractivity contribution in [2.75, 3.05) is 18.4 Å². The third-order valence-electron chi connectivity index (χ3n) is 6.64. The number of halogens is 2. The van der Waals surface area contributed by atoms with Gasteiger partial charge in [0.25, 0.3) is 0 Å². The standard InChI is InChI=1S/C28H32F2N4O3S/c1-2-6-23(32-25(35)15-20-13-21(29)16-22(30)14-20)26(36)33-27-31-17-24(38-27)28(37)9-11-34(12-10-28)18-19-7-4-3-5-8-19/h3-5,7-8,13-14,16-17,23,37H,2,6,9-12,15,18H2,1H3,(H,32,35)(H,31,33,36). The van der Waals surface area contributed by atoms with Gasteiger partial charge in [-0.3, -0.25) is 14.5 Å². The number of aromatic nitrogens is 1. The molecule has 2 amide bonds. The topological polar surface area (TPSA) is 94.6 Å². The van der Waals surface area contributed by atoms with E-state index in [1.807, 2.05) is 25.1 Å². The normalized spacial score (nSPS) is 16.1. The van der Waals surface area contributed by atoms with E-state index in [2.05, 4.69) is 32.7 Å². The van der Waals surface area contributed by atoms with Gasteiger partial charge >= 0.3 is 0 Å². The molecule has 0 aliphatic carbocycles. The largest absolute Gasteiger partial charge is 0.384 e. The van der Waals surface area contributed by atoms with E-state index in [0.717, 1.165) is 37.8 Å². The average Bonchev–Trinajstić information content (AvgIpc) is 3.35. The van der Waals surface area contributed by atoms with E-state index in [4.69, 9.17) is 0 Å². The van der Waals surface area contributed by atoms with Crippen molar-refractivity contribution in [3.63, 3.8) is 0 Å². The number of nitrogens with zero attached hydrogens (tertiary/aromatic N) is 2. The minimum Gasteiger partial charge on any atom is -0.384 e. The molecule has 1 fully saturated rings. The maximum absolute atomic E-state index is 13.4. The number of amides is 2. The summed E-state index contributed by atoms with van der Waals surface area (Å²) in [4.78, 5) is 32.7. The number of benzene rings is 2. The van der Waals surface area contributed by atoms with Gasteiger partial charge in [0.1, 0.15) is 23.3 Å². The van der Waals surface area contributed by atoms with Crippen LogP contribution in [-0.4, -0.2) is 45.9 Å². The van der Waals surface area contributed by atoms with Crippen LogP contribution in [0.3, 0.4) is 0 Å². The molecule has 3 aromatic rings. The van der Waals surface area contributed by atoms with Crippen molar-refractivity contribution < 1.29 is 23.5 Å². The zero-order valence-electron chi connectivity index (χ0n) is 21.3. The Balaban J connectivity index is 1.32. The molecule has 3 N–H and O–H groups in total. The molecule has 38 heavy (non-hydrogen) atoms. The highest BCUT2D eigenvalue weighted by molar-refractivity contribution is 7.15. The molecule has 0 saturated carbocycles. The van der Waals surface area contributed by atoms with Crippen LogP contribution in [0.4, 0.5) is 13.9 Å². The molecule has 1 aromatic heterocycles. The minimum atomic E-state index is -1.01. The number of hydrogen-bond acceptors (Lipinski definition) is 6. The molecule has 7 nitrogen and oxygen atoms in total. The molecule has 0 spiro atoms. The molecular weight excluding hydrogens is 510 g/mol. The summed E-state index contributed by atoms with van der Waals surface area (Å²) in [6.07, 6.45) is 3.48. The lowest BCUT2D eigenvalue weighted by molar-refractivity contribution is -0.126. The van der Waals surface area contributed by atoms with Gasteiger partial charge in [-0.2, -0.15) is 0 Å². The van der Waals surface area contributed by atoms with Crippen LogP contribution in [0.2, 0.25) is 0 Å². The zero-order valence-corrected chi connectivity index (χ0v) is 22.1. The van der Waals surface area contributed by atoms with Gasteiger partial charge < -0.3 is 15.7 Å². The van der Waals surface area contributed by atoms with E-state index in [0.29, 0.717) is 35.7 Å². The first kappa shape index (κ1) is 27.8. The van der Waals surface area contributed by atoms with Gasteiger partial charge in [-0.05, 0) is 42.5 Å². The number of hydrogen-bond donors (Lipinski definition) is 3. The molecule has 1 saturated heterocycles. The van der Waals surface area contributed by atoms with Crippen LogP contribution in [-0.2, 0) is 28.2 Å². The first-order valence-electron chi connectivity index (χ1n) is 12.7. The van der Waals surface area contributed by atoms with Crippen LogP contribution in [0.15, 0.2) is 54.7 Å². The minimum absolute atomic E-state index is 0.184. The number of likely N-dealkylation sites (tertiary alicyclic amines) is 1. The molecule has 0 bridgehead atoms. The summed E-state index contributed by atoms with van der Waals surface area (Å²) >= 11 is 1.22. The fourth-order valence-corrected chi connectivity index (χ4v) is 5.57. The van der Waals surface area contributed by atoms with Gasteiger partial charge in [0, 0.05) is 31.9 Å². The lowest BCUT2D eigenvalue weighted by Crippen LogP contribution is -2.44. The van der Waals surface area contributed by atoms with Gasteiger partial charge in [-0.25, -0.2) is 13.8 Å². The predicted molar refractivity (Wildman–Crippen MR) is 142 cm³/mol. The van der Waals surface area contributed by atoms with Crippen LogP contribution in [0, 0.1) is 11.6 Å². The zero-order chi connectivity index (χ0) is 27.1. The third-order valence-corrected chi connectivity index (χ3v) is 7.75. The van der Waals surface area contributed by atoms with Crippen molar-refractivity contribution in [2.45, 2.75) is 57.2 Å². The quantitative estimate of drug-likeness (QED) is 0.354. The van der Waals surface area contributed by atoms with E-state index in [1.165, 1.54) is 16.9 Å². The van der Waals surface area contributed by atoms with Crippen LogP contribution in [0.1, 0.15) is 48.6 Å². The third kappa shape index (κ3) is 7.43. The monoisotopic (exact) mass is 542 g/mol. The molecule has 0 radical (unpaired) electrons. The summed E-state index contributed by atoms with van der Waals surface area (Å²) in [5.41, 5.74) is 0.409. The highest BCUT2D eigenvalue weighted by atomic mass is 32.1. The number of carbonyl (C=O) groups excluding carboxylic acids is 2. The Morgan fingerprint density at radius 1 is 1.11 bits per heavy atom. The molecule has 1 unspecified atom stereocenters. The van der Waals surface area contributed by atoms with Crippen molar-refractivity contribution in [2.24, 2.45) is 0 Å². The Labute approximate surface area is 224 Å². The maximum Gasteiger partial charge on any atom is 0.248 e. The lowest BCUT2D eigenvalue weighted by Gasteiger charge is -2.37.